The number of aromatic nitrogens is 3. The number of pyridine rings is 1. The number of hydrogen-bond acceptors (Lipinski definition) is 4. The SMILES string of the molecule is CCn1cc(-c2ccc(Cn3ccn(CC(CN)=C(F)F)c3=O)s2)ccc1=O. The third kappa shape index (κ3) is 4.20. The molecule has 0 radical (unpaired) electrons. The Morgan fingerprint density at radius 2 is 1.82 bits per heavy atom. The average molecular weight is 406 g/mol. The van der Waals surface area contributed by atoms with Gasteiger partial charge in [0.1, 0.15) is 0 Å². The highest BCUT2D eigenvalue weighted by Crippen LogP contribution is 2.27. The Morgan fingerprint density at radius 1 is 1.07 bits per heavy atom. The first kappa shape index (κ1) is 20.0. The summed E-state index contributed by atoms with van der Waals surface area (Å²) >= 11 is 1.51. The Bertz CT molecular complexity index is 1120. The van der Waals surface area contributed by atoms with Crippen LogP contribution in [0, 0.1) is 0 Å². The van der Waals surface area contributed by atoms with Crippen LogP contribution in [0.25, 0.3) is 10.4 Å². The summed E-state index contributed by atoms with van der Waals surface area (Å²) in [4.78, 5) is 26.1. The number of hydrogen-bond donors (Lipinski definition) is 1. The van der Waals surface area contributed by atoms with E-state index in [2.05, 4.69) is 0 Å². The molecule has 0 bridgehead atoms. The minimum atomic E-state index is -1.85. The first-order valence-electron chi connectivity index (χ1n) is 8.71. The van der Waals surface area contributed by atoms with E-state index in [-0.39, 0.29) is 29.9 Å². The van der Waals surface area contributed by atoms with E-state index in [1.807, 2.05) is 25.3 Å². The second kappa shape index (κ2) is 8.49. The van der Waals surface area contributed by atoms with Crippen molar-refractivity contribution in [1.29, 1.82) is 0 Å². The number of halogens is 2. The van der Waals surface area contributed by atoms with Crippen molar-refractivity contribution in [2.75, 3.05) is 6.54 Å². The second-order valence-corrected chi connectivity index (χ2v) is 7.38. The predicted octanol–water partition coefficient (Wildman–Crippen LogP) is 2.72. The first-order chi connectivity index (χ1) is 13.4. The van der Waals surface area contributed by atoms with E-state index in [4.69, 9.17) is 5.73 Å². The Balaban J connectivity index is 1.80. The fourth-order valence-electron chi connectivity index (χ4n) is 2.81. The van der Waals surface area contributed by atoms with Crippen LogP contribution in [0.4, 0.5) is 8.78 Å². The summed E-state index contributed by atoms with van der Waals surface area (Å²) in [7, 11) is 0. The van der Waals surface area contributed by atoms with E-state index in [1.54, 1.807) is 16.8 Å². The van der Waals surface area contributed by atoms with E-state index in [1.165, 1.54) is 32.7 Å². The fourth-order valence-corrected chi connectivity index (χ4v) is 3.81. The lowest BCUT2D eigenvalue weighted by Crippen LogP contribution is -2.26. The molecule has 0 saturated heterocycles. The second-order valence-electron chi connectivity index (χ2n) is 6.21. The number of nitrogens with zero attached hydrogens (tertiary/aromatic N) is 3. The van der Waals surface area contributed by atoms with Crippen LogP contribution >= 0.6 is 11.3 Å². The standard InChI is InChI=1S/C19H20F2N4O2S/c1-2-23-10-13(3-6-17(23)26)16-5-4-15(28-16)12-25-8-7-24(19(25)27)11-14(9-22)18(20)21/h3-8,10H,2,9,11-12,22H2,1H3. The number of aryl methyl sites for hydroxylation is 1. The zero-order valence-corrected chi connectivity index (χ0v) is 16.1. The molecule has 0 fully saturated rings. The molecule has 0 unspecified atom stereocenters. The molecule has 28 heavy (non-hydrogen) atoms. The van der Waals surface area contributed by atoms with Crippen molar-refractivity contribution in [2.45, 2.75) is 26.6 Å². The lowest BCUT2D eigenvalue weighted by Gasteiger charge is -2.04. The van der Waals surface area contributed by atoms with Gasteiger partial charge in [-0.15, -0.1) is 11.3 Å². The molecule has 3 aromatic heterocycles. The van der Waals surface area contributed by atoms with Crippen LogP contribution in [-0.4, -0.2) is 20.2 Å². The maximum atomic E-state index is 12.8. The summed E-state index contributed by atoms with van der Waals surface area (Å²) < 4.78 is 29.9. The summed E-state index contributed by atoms with van der Waals surface area (Å²) in [6.45, 7) is 2.31. The lowest BCUT2D eigenvalue weighted by molar-refractivity contribution is 0.402. The van der Waals surface area contributed by atoms with Gasteiger partial charge in [-0.3, -0.25) is 13.9 Å². The van der Waals surface area contributed by atoms with Crippen molar-refractivity contribution in [3.05, 3.63) is 80.2 Å². The van der Waals surface area contributed by atoms with Gasteiger partial charge in [0.05, 0.1) is 13.1 Å². The average Bonchev–Trinajstić information content (AvgIpc) is 3.28. The highest BCUT2D eigenvalue weighted by molar-refractivity contribution is 7.15. The van der Waals surface area contributed by atoms with E-state index < -0.39 is 6.08 Å². The van der Waals surface area contributed by atoms with Gasteiger partial charge in [-0.25, -0.2) is 4.79 Å². The molecule has 0 aliphatic carbocycles. The molecule has 0 aromatic carbocycles. The van der Waals surface area contributed by atoms with Crippen LogP contribution < -0.4 is 17.0 Å². The smallest absolute Gasteiger partial charge is 0.327 e. The molecular formula is C19H20F2N4O2S. The molecule has 0 atom stereocenters. The van der Waals surface area contributed by atoms with Crippen LogP contribution in [0.1, 0.15) is 11.8 Å². The quantitative estimate of drug-likeness (QED) is 0.656. The third-order valence-corrected chi connectivity index (χ3v) is 5.51. The van der Waals surface area contributed by atoms with Crippen molar-refractivity contribution < 1.29 is 8.78 Å². The largest absolute Gasteiger partial charge is 0.328 e. The summed E-state index contributed by atoms with van der Waals surface area (Å²) in [5.74, 6) is 0. The van der Waals surface area contributed by atoms with Crippen molar-refractivity contribution >= 4 is 11.3 Å². The molecule has 3 aromatic rings. The molecule has 0 aliphatic rings. The minimum Gasteiger partial charge on any atom is -0.327 e. The van der Waals surface area contributed by atoms with Crippen molar-refractivity contribution in [3.8, 4) is 10.4 Å². The van der Waals surface area contributed by atoms with Crippen molar-refractivity contribution in [2.24, 2.45) is 5.73 Å². The normalized spacial score (nSPS) is 11.0. The van der Waals surface area contributed by atoms with E-state index in [0.717, 1.165) is 15.3 Å². The van der Waals surface area contributed by atoms with Crippen LogP contribution in [0.2, 0.25) is 0 Å². The molecule has 0 spiro atoms. The zero-order valence-electron chi connectivity index (χ0n) is 15.3. The number of rotatable bonds is 7. The van der Waals surface area contributed by atoms with Crippen LogP contribution in [0.15, 0.2) is 64.1 Å². The number of nitrogens with two attached hydrogens (primary N) is 1. The van der Waals surface area contributed by atoms with Gasteiger partial charge in [0.2, 0.25) is 0 Å². The van der Waals surface area contributed by atoms with Crippen LogP contribution in [0.3, 0.4) is 0 Å². The van der Waals surface area contributed by atoms with Crippen LogP contribution in [0.5, 0.6) is 0 Å². The van der Waals surface area contributed by atoms with Gasteiger partial charge in [0.25, 0.3) is 11.6 Å². The fraction of sp³-hybridized carbons (Fsp3) is 0.263. The van der Waals surface area contributed by atoms with Crippen molar-refractivity contribution in [3.63, 3.8) is 0 Å². The van der Waals surface area contributed by atoms with Gasteiger partial charge in [-0.05, 0) is 25.1 Å². The maximum absolute atomic E-state index is 12.8. The predicted molar refractivity (Wildman–Crippen MR) is 106 cm³/mol. The monoisotopic (exact) mass is 406 g/mol. The third-order valence-electron chi connectivity index (χ3n) is 4.39. The Kier molecular flexibility index (Phi) is 6.05. The highest BCUT2D eigenvalue weighted by Gasteiger charge is 2.11. The number of imidazole rings is 1. The van der Waals surface area contributed by atoms with Gasteiger partial charge in [-0.1, -0.05) is 0 Å². The van der Waals surface area contributed by atoms with E-state index in [0.29, 0.717) is 13.1 Å². The summed E-state index contributed by atoms with van der Waals surface area (Å²) in [6.07, 6.45) is 3.02. The summed E-state index contributed by atoms with van der Waals surface area (Å²) in [6, 6.07) is 7.17. The molecule has 9 heteroatoms. The Hall–Kier alpha value is -2.78. The lowest BCUT2D eigenvalue weighted by atomic mass is 10.2. The minimum absolute atomic E-state index is 0.0495. The molecule has 3 heterocycles. The van der Waals surface area contributed by atoms with Gasteiger partial charge in [0, 0.05) is 58.6 Å². The van der Waals surface area contributed by atoms with Crippen molar-refractivity contribution in [1.82, 2.24) is 13.7 Å². The molecular weight excluding hydrogens is 386 g/mol. The topological polar surface area (TPSA) is 75.0 Å². The molecule has 0 amide bonds. The van der Waals surface area contributed by atoms with Gasteiger partial charge in [-0.2, -0.15) is 8.78 Å². The zero-order chi connectivity index (χ0) is 20.3. The van der Waals surface area contributed by atoms with E-state index >= 15 is 0 Å². The molecule has 148 valence electrons. The van der Waals surface area contributed by atoms with E-state index in [9.17, 15) is 18.4 Å². The summed E-state index contributed by atoms with van der Waals surface area (Å²) in [5.41, 5.74) is 5.56. The Morgan fingerprint density at radius 3 is 2.50 bits per heavy atom. The highest BCUT2D eigenvalue weighted by atomic mass is 32.1. The van der Waals surface area contributed by atoms with Gasteiger partial charge < -0.3 is 10.3 Å². The number of thiophene rings is 1. The molecule has 2 N–H and O–H groups in total. The first-order valence-corrected chi connectivity index (χ1v) is 9.52. The van der Waals surface area contributed by atoms with Crippen LogP contribution in [-0.2, 0) is 19.6 Å². The molecule has 0 aliphatic heterocycles. The molecule has 3 rings (SSSR count). The molecule has 6 nitrogen and oxygen atoms in total. The molecule has 0 saturated carbocycles. The maximum Gasteiger partial charge on any atom is 0.328 e. The van der Waals surface area contributed by atoms with Gasteiger partial charge >= 0.3 is 5.69 Å². The van der Waals surface area contributed by atoms with Gasteiger partial charge in [0.15, 0.2) is 0 Å². The Labute approximate surface area is 163 Å². The summed E-state index contributed by atoms with van der Waals surface area (Å²) in [5, 5.41) is 0.